The number of carbonyl (C=O) groups is 1. The van der Waals surface area contributed by atoms with Crippen molar-refractivity contribution >= 4 is 15.8 Å². The average Bonchev–Trinajstić information content (AvgIpc) is 2.72. The second-order valence-corrected chi connectivity index (χ2v) is 11.2. The van der Waals surface area contributed by atoms with Crippen LogP contribution in [0.3, 0.4) is 0 Å². The Morgan fingerprint density at radius 1 is 1.23 bits per heavy atom. The maximum Gasteiger partial charge on any atom is 0.335 e. The van der Waals surface area contributed by atoms with Crippen LogP contribution in [0.4, 0.5) is 0 Å². The Balaban J connectivity index is 1.54. The van der Waals surface area contributed by atoms with Gasteiger partial charge < -0.3 is 15.3 Å². The highest BCUT2D eigenvalue weighted by atomic mass is 32.2. The first-order chi connectivity index (χ1) is 14.6. The molecule has 31 heavy (non-hydrogen) atoms. The van der Waals surface area contributed by atoms with Crippen LogP contribution in [-0.2, 0) is 28.1 Å². The van der Waals surface area contributed by atoms with Crippen LogP contribution in [0.15, 0.2) is 47.4 Å². The number of benzene rings is 2. The first kappa shape index (κ1) is 22.0. The summed E-state index contributed by atoms with van der Waals surface area (Å²) in [4.78, 5) is 14.3. The SMILES string of the molecule is CN1CC[C@]2(C)c3cc(C(=O)O)ccc3C[C@@H]1[C@@H]2NCCc1ccc(S(C)(=O)=O)cc1. The van der Waals surface area contributed by atoms with E-state index in [2.05, 4.69) is 24.2 Å². The smallest absolute Gasteiger partial charge is 0.335 e. The zero-order valence-electron chi connectivity index (χ0n) is 18.3. The molecule has 2 aromatic carbocycles. The number of aromatic carboxylic acids is 1. The Morgan fingerprint density at radius 3 is 2.58 bits per heavy atom. The van der Waals surface area contributed by atoms with E-state index in [0.717, 1.165) is 43.5 Å². The van der Waals surface area contributed by atoms with E-state index >= 15 is 0 Å². The van der Waals surface area contributed by atoms with E-state index in [4.69, 9.17) is 0 Å². The fraction of sp³-hybridized carbons (Fsp3) is 0.458. The predicted octanol–water partition coefficient (Wildman–Crippen LogP) is 2.51. The van der Waals surface area contributed by atoms with Gasteiger partial charge in [0.1, 0.15) is 0 Å². The summed E-state index contributed by atoms with van der Waals surface area (Å²) in [6.45, 7) is 4.02. The maximum absolute atomic E-state index is 11.7. The number of rotatable bonds is 6. The van der Waals surface area contributed by atoms with Gasteiger partial charge in [-0.05, 0) is 80.4 Å². The number of hydrogen-bond donors (Lipinski definition) is 2. The third-order valence-electron chi connectivity index (χ3n) is 7.15. The Morgan fingerprint density at radius 2 is 1.94 bits per heavy atom. The van der Waals surface area contributed by atoms with Gasteiger partial charge in [0.2, 0.25) is 0 Å². The molecule has 4 rings (SSSR count). The molecule has 6 nitrogen and oxygen atoms in total. The lowest BCUT2D eigenvalue weighted by Gasteiger charge is -2.55. The lowest BCUT2D eigenvalue weighted by atomic mass is 9.61. The van der Waals surface area contributed by atoms with E-state index in [0.29, 0.717) is 16.5 Å². The molecule has 0 amide bonds. The standard InChI is InChI=1S/C24H30N2O4S/c1-24-11-13-26(2)21(15-17-6-7-18(23(27)28)14-20(17)24)22(24)25-12-10-16-4-8-19(9-5-16)31(3,29)30/h4-9,14,21-22,25H,10-13,15H2,1-3H3,(H,27,28)/t21-,22+,24-/m1/s1. The molecule has 7 heteroatoms. The van der Waals surface area contributed by atoms with Crippen LogP contribution in [-0.4, -0.2) is 62.9 Å². The van der Waals surface area contributed by atoms with E-state index in [1.807, 2.05) is 24.3 Å². The van der Waals surface area contributed by atoms with Gasteiger partial charge in [0.05, 0.1) is 10.5 Å². The van der Waals surface area contributed by atoms with Gasteiger partial charge in [-0.1, -0.05) is 25.1 Å². The molecule has 166 valence electrons. The Hall–Kier alpha value is -2.22. The van der Waals surface area contributed by atoms with Crippen molar-refractivity contribution in [1.29, 1.82) is 0 Å². The first-order valence-electron chi connectivity index (χ1n) is 10.7. The van der Waals surface area contributed by atoms with E-state index < -0.39 is 15.8 Å². The lowest BCUT2D eigenvalue weighted by molar-refractivity contribution is 0.0654. The van der Waals surface area contributed by atoms with Gasteiger partial charge in [-0.15, -0.1) is 0 Å². The van der Waals surface area contributed by atoms with Crippen molar-refractivity contribution in [3.63, 3.8) is 0 Å². The van der Waals surface area contributed by atoms with Crippen molar-refractivity contribution in [2.75, 3.05) is 26.4 Å². The number of piperidine rings is 1. The summed E-state index contributed by atoms with van der Waals surface area (Å²) in [5.74, 6) is -0.886. The highest BCUT2D eigenvalue weighted by Gasteiger charge is 2.49. The van der Waals surface area contributed by atoms with Crippen LogP contribution in [0.5, 0.6) is 0 Å². The Kier molecular flexibility index (Phi) is 5.70. The minimum atomic E-state index is -3.18. The topological polar surface area (TPSA) is 86.7 Å². The molecular weight excluding hydrogens is 412 g/mol. The third-order valence-corrected chi connectivity index (χ3v) is 8.28. The minimum absolute atomic E-state index is 0.129. The molecule has 2 aliphatic rings. The van der Waals surface area contributed by atoms with Crippen LogP contribution < -0.4 is 5.32 Å². The maximum atomic E-state index is 11.7. The van der Waals surface area contributed by atoms with Crippen LogP contribution >= 0.6 is 0 Å². The van der Waals surface area contributed by atoms with Gasteiger partial charge in [-0.25, -0.2) is 13.2 Å². The third kappa shape index (κ3) is 4.14. The summed E-state index contributed by atoms with van der Waals surface area (Å²) in [6, 6.07) is 13.2. The Labute approximate surface area is 184 Å². The molecule has 1 heterocycles. The summed E-state index contributed by atoms with van der Waals surface area (Å²) < 4.78 is 23.3. The number of nitrogens with one attached hydrogen (secondary N) is 1. The van der Waals surface area contributed by atoms with Crippen molar-refractivity contribution in [1.82, 2.24) is 10.2 Å². The first-order valence-corrected chi connectivity index (χ1v) is 12.6. The largest absolute Gasteiger partial charge is 0.478 e. The van der Waals surface area contributed by atoms with Gasteiger partial charge in [0, 0.05) is 23.8 Å². The molecule has 2 bridgehead atoms. The minimum Gasteiger partial charge on any atom is -0.478 e. The molecular formula is C24H30N2O4S. The second kappa shape index (κ2) is 8.04. The summed E-state index contributed by atoms with van der Waals surface area (Å²) in [6.07, 6.45) is 3.89. The van der Waals surface area contributed by atoms with Crippen LogP contribution in [0.25, 0.3) is 0 Å². The molecule has 0 spiro atoms. The average molecular weight is 443 g/mol. The second-order valence-electron chi connectivity index (χ2n) is 9.19. The fourth-order valence-electron chi connectivity index (χ4n) is 5.27. The van der Waals surface area contributed by atoms with Crippen molar-refractivity contribution in [3.05, 3.63) is 64.7 Å². The van der Waals surface area contributed by atoms with Crippen molar-refractivity contribution in [3.8, 4) is 0 Å². The van der Waals surface area contributed by atoms with Gasteiger partial charge in [0.15, 0.2) is 9.84 Å². The molecule has 1 saturated heterocycles. The highest BCUT2D eigenvalue weighted by molar-refractivity contribution is 7.90. The van der Waals surface area contributed by atoms with Gasteiger partial charge in [-0.2, -0.15) is 0 Å². The number of nitrogens with zero attached hydrogens (tertiary/aromatic N) is 1. The fourth-order valence-corrected chi connectivity index (χ4v) is 5.90. The zero-order valence-corrected chi connectivity index (χ0v) is 19.1. The highest BCUT2D eigenvalue weighted by Crippen LogP contribution is 2.44. The van der Waals surface area contributed by atoms with Crippen LogP contribution in [0.2, 0.25) is 0 Å². The Bertz CT molecular complexity index is 1100. The van der Waals surface area contributed by atoms with Gasteiger partial charge in [-0.3, -0.25) is 0 Å². The monoisotopic (exact) mass is 442 g/mol. The van der Waals surface area contributed by atoms with Crippen molar-refractivity contribution in [2.24, 2.45) is 0 Å². The molecule has 0 saturated carbocycles. The number of carboxylic acids is 1. The molecule has 1 aliphatic carbocycles. The number of sulfone groups is 1. The summed E-state index contributed by atoms with van der Waals surface area (Å²) in [7, 11) is -1.02. The normalized spacial score (nSPS) is 25.8. The van der Waals surface area contributed by atoms with Crippen LogP contribution in [0, 0.1) is 0 Å². The van der Waals surface area contributed by atoms with Crippen molar-refractivity contribution < 1.29 is 18.3 Å². The molecule has 0 unspecified atom stereocenters. The van der Waals surface area contributed by atoms with Gasteiger partial charge in [0.25, 0.3) is 0 Å². The number of carboxylic acid groups (broad SMARTS) is 1. The summed E-state index contributed by atoms with van der Waals surface area (Å²) in [5, 5.41) is 13.2. The van der Waals surface area contributed by atoms with Crippen molar-refractivity contribution in [2.45, 2.75) is 48.6 Å². The van der Waals surface area contributed by atoms with E-state index in [-0.39, 0.29) is 11.5 Å². The molecule has 1 fully saturated rings. The number of fused-ring (bicyclic) bond motifs is 4. The molecule has 0 radical (unpaired) electrons. The van der Waals surface area contributed by atoms with E-state index in [1.54, 1.807) is 18.2 Å². The molecule has 1 aliphatic heterocycles. The number of likely N-dealkylation sites (tertiary alicyclic amines) is 1. The van der Waals surface area contributed by atoms with Gasteiger partial charge >= 0.3 is 5.97 Å². The van der Waals surface area contributed by atoms with Crippen LogP contribution in [0.1, 0.15) is 40.4 Å². The van der Waals surface area contributed by atoms with E-state index in [9.17, 15) is 18.3 Å². The summed E-state index contributed by atoms with van der Waals surface area (Å²) >= 11 is 0. The molecule has 3 atom stereocenters. The number of likely N-dealkylation sites (N-methyl/N-ethyl adjacent to an activating group) is 1. The zero-order chi connectivity index (χ0) is 22.4. The summed E-state index contributed by atoms with van der Waals surface area (Å²) in [5.41, 5.74) is 3.72. The number of hydrogen-bond acceptors (Lipinski definition) is 5. The lowest BCUT2D eigenvalue weighted by Crippen LogP contribution is -2.66. The quantitative estimate of drug-likeness (QED) is 0.715. The molecule has 2 aromatic rings. The van der Waals surface area contributed by atoms with E-state index in [1.165, 1.54) is 11.8 Å². The predicted molar refractivity (Wildman–Crippen MR) is 121 cm³/mol. The molecule has 2 N–H and O–H groups in total. The molecule has 0 aromatic heterocycles.